The summed E-state index contributed by atoms with van der Waals surface area (Å²) in [4.78, 5) is 0. The maximum absolute atomic E-state index is 5.41. The van der Waals surface area contributed by atoms with Crippen molar-refractivity contribution in [3.05, 3.63) is 18.7 Å². The third-order valence-electron chi connectivity index (χ3n) is 3.24. The highest BCUT2D eigenvalue weighted by atomic mass is 32.2. The maximum Gasteiger partial charge on any atom is 0.500 e. The van der Waals surface area contributed by atoms with Crippen LogP contribution in [0.4, 0.5) is 0 Å². The minimum Gasteiger partial charge on any atom is -0.377 e. The van der Waals surface area contributed by atoms with Gasteiger partial charge in [0.2, 0.25) is 0 Å². The summed E-state index contributed by atoms with van der Waals surface area (Å²) in [6.07, 6.45) is 9.84. The van der Waals surface area contributed by atoms with Gasteiger partial charge < -0.3 is 13.3 Å². The summed E-state index contributed by atoms with van der Waals surface area (Å²) in [7, 11) is 2.59. The first-order valence-corrected chi connectivity index (χ1v) is 9.93. The Kier molecular flexibility index (Phi) is 8.47. The van der Waals surface area contributed by atoms with E-state index in [2.05, 4.69) is 34.2 Å². The summed E-state index contributed by atoms with van der Waals surface area (Å²) < 4.78 is 20.6. The van der Waals surface area contributed by atoms with Crippen LogP contribution in [-0.2, 0) is 19.8 Å². The Morgan fingerprint density at radius 1 is 1.15 bits per heavy atom. The predicted octanol–water partition coefficient (Wildman–Crippen LogP) is 2.34. The molecule has 0 aromatic carbocycles. The Morgan fingerprint density at radius 3 is 2.45 bits per heavy atom. The van der Waals surface area contributed by atoms with Crippen LogP contribution in [0.25, 0.3) is 0 Å². The second-order valence-electron chi connectivity index (χ2n) is 4.60. The van der Waals surface area contributed by atoms with Gasteiger partial charge in [-0.15, -0.1) is 0 Å². The van der Waals surface area contributed by atoms with Gasteiger partial charge in [0.1, 0.15) is 12.4 Å². The highest BCUT2D eigenvalue weighted by Crippen LogP contribution is 2.17. The predicted molar refractivity (Wildman–Crippen MR) is 83.6 cm³/mol. The van der Waals surface area contributed by atoms with Gasteiger partial charge >= 0.3 is 8.80 Å². The SMILES string of the molecule is CCCC[n+]1ccn(SCCC[Si](OC)(OC)OC)c1. The third kappa shape index (κ3) is 5.57. The van der Waals surface area contributed by atoms with Crippen molar-refractivity contribution in [2.75, 3.05) is 27.1 Å². The minimum atomic E-state index is -2.40. The average Bonchev–Trinajstić information content (AvgIpc) is 2.94. The van der Waals surface area contributed by atoms with Gasteiger partial charge in [-0.1, -0.05) is 13.3 Å². The molecule has 0 aliphatic rings. The standard InChI is InChI=1S/C13H27N2O3SSi/c1-5-6-8-14-9-10-15(13-14)19-11-7-12-20(16-2,17-3)18-4/h9-10,13H,5-8,11-12H2,1-4H3/q+1. The van der Waals surface area contributed by atoms with Crippen LogP contribution in [0.2, 0.25) is 6.04 Å². The van der Waals surface area contributed by atoms with Crippen molar-refractivity contribution in [2.24, 2.45) is 0 Å². The van der Waals surface area contributed by atoms with Gasteiger partial charge in [0.05, 0.1) is 18.5 Å². The summed E-state index contributed by atoms with van der Waals surface area (Å²) in [6.45, 7) is 3.31. The molecule has 0 unspecified atom stereocenters. The van der Waals surface area contributed by atoms with Crippen molar-refractivity contribution < 1.29 is 17.8 Å². The molecule has 0 bridgehead atoms. The Hall–Kier alpha value is -0.343. The molecule has 0 spiro atoms. The van der Waals surface area contributed by atoms with E-state index >= 15 is 0 Å². The van der Waals surface area contributed by atoms with E-state index in [0.29, 0.717) is 0 Å². The fourth-order valence-corrected chi connectivity index (χ4v) is 4.73. The summed E-state index contributed by atoms with van der Waals surface area (Å²) in [5.41, 5.74) is 0. The van der Waals surface area contributed by atoms with Gasteiger partial charge in [-0.2, -0.15) is 3.97 Å². The van der Waals surface area contributed by atoms with Crippen molar-refractivity contribution in [1.82, 2.24) is 3.97 Å². The van der Waals surface area contributed by atoms with Crippen molar-refractivity contribution in [1.29, 1.82) is 0 Å². The molecule has 1 aromatic rings. The smallest absolute Gasteiger partial charge is 0.377 e. The zero-order valence-electron chi connectivity index (χ0n) is 13.0. The maximum atomic E-state index is 5.41. The number of hydrogen-bond acceptors (Lipinski definition) is 4. The van der Waals surface area contributed by atoms with Gasteiger partial charge in [-0.25, -0.2) is 4.57 Å². The highest BCUT2D eigenvalue weighted by molar-refractivity contribution is 7.97. The largest absolute Gasteiger partial charge is 0.500 e. The molecule has 5 nitrogen and oxygen atoms in total. The number of nitrogens with zero attached hydrogens (tertiary/aromatic N) is 2. The molecule has 0 fully saturated rings. The van der Waals surface area contributed by atoms with Crippen LogP contribution in [0.15, 0.2) is 18.7 Å². The number of aryl methyl sites for hydroxylation is 1. The second-order valence-corrected chi connectivity index (χ2v) is 8.78. The van der Waals surface area contributed by atoms with E-state index in [1.165, 1.54) is 12.8 Å². The van der Waals surface area contributed by atoms with E-state index in [4.69, 9.17) is 13.3 Å². The van der Waals surface area contributed by atoms with Gasteiger partial charge in [0.25, 0.3) is 6.33 Å². The van der Waals surface area contributed by atoms with E-state index < -0.39 is 8.80 Å². The molecule has 0 radical (unpaired) electrons. The molecular formula is C13H27N2O3SSi+. The fourth-order valence-electron chi connectivity index (χ4n) is 1.94. The number of hydrogen-bond donors (Lipinski definition) is 0. The van der Waals surface area contributed by atoms with E-state index in [1.807, 2.05) is 0 Å². The number of unbranched alkanes of at least 4 members (excludes halogenated alkanes) is 1. The first-order chi connectivity index (χ1) is 9.69. The molecule has 116 valence electrons. The second kappa shape index (κ2) is 9.57. The zero-order chi connectivity index (χ0) is 14.8. The minimum absolute atomic E-state index is 0.848. The number of rotatable bonds is 11. The van der Waals surface area contributed by atoms with E-state index in [1.54, 1.807) is 33.3 Å². The Balaban J connectivity index is 2.28. The Bertz CT molecular complexity index is 364. The molecule has 0 aliphatic carbocycles. The quantitative estimate of drug-likeness (QED) is 0.356. The van der Waals surface area contributed by atoms with Crippen LogP contribution in [0.3, 0.4) is 0 Å². The Labute approximate surface area is 127 Å². The zero-order valence-corrected chi connectivity index (χ0v) is 14.8. The van der Waals surface area contributed by atoms with E-state index in [0.717, 1.165) is 24.8 Å². The first-order valence-electron chi connectivity index (χ1n) is 7.05. The third-order valence-corrected chi connectivity index (χ3v) is 7.06. The van der Waals surface area contributed by atoms with Crippen LogP contribution in [-0.4, -0.2) is 39.9 Å². The lowest BCUT2D eigenvalue weighted by Crippen LogP contribution is -2.42. The summed E-state index contributed by atoms with van der Waals surface area (Å²) in [6, 6.07) is 0.848. The number of aromatic nitrogens is 2. The molecule has 0 amide bonds. The normalized spacial score (nSPS) is 12.0. The summed E-state index contributed by atoms with van der Waals surface area (Å²) in [5.74, 6) is 1.02. The summed E-state index contributed by atoms with van der Waals surface area (Å²) >= 11 is 1.80. The van der Waals surface area contributed by atoms with Crippen LogP contribution >= 0.6 is 11.9 Å². The fraction of sp³-hybridized carbons (Fsp3) is 0.769. The molecule has 0 atom stereocenters. The van der Waals surface area contributed by atoms with Crippen molar-refractivity contribution in [2.45, 2.75) is 38.8 Å². The highest BCUT2D eigenvalue weighted by Gasteiger charge is 2.36. The topological polar surface area (TPSA) is 36.5 Å². The lowest BCUT2D eigenvalue weighted by molar-refractivity contribution is -0.696. The van der Waals surface area contributed by atoms with Crippen molar-refractivity contribution in [3.8, 4) is 0 Å². The molecule has 1 rings (SSSR count). The molecule has 1 heterocycles. The average molecular weight is 320 g/mol. The van der Waals surface area contributed by atoms with E-state index in [9.17, 15) is 0 Å². The monoisotopic (exact) mass is 319 g/mol. The van der Waals surface area contributed by atoms with Crippen LogP contribution in [0.5, 0.6) is 0 Å². The van der Waals surface area contributed by atoms with Gasteiger partial charge in [0, 0.05) is 33.1 Å². The molecule has 0 saturated heterocycles. The molecule has 20 heavy (non-hydrogen) atoms. The van der Waals surface area contributed by atoms with Gasteiger partial charge in [-0.3, -0.25) is 0 Å². The molecule has 0 N–H and O–H groups in total. The number of imidazole rings is 1. The van der Waals surface area contributed by atoms with Crippen LogP contribution in [0, 0.1) is 0 Å². The van der Waals surface area contributed by atoms with Gasteiger partial charge in [0.15, 0.2) is 0 Å². The summed E-state index contributed by atoms with van der Waals surface area (Å²) in [5, 5.41) is 0. The lowest BCUT2D eigenvalue weighted by atomic mass is 10.3. The molecule has 7 heteroatoms. The molecular weight excluding hydrogens is 292 g/mol. The van der Waals surface area contributed by atoms with Crippen LogP contribution in [0.1, 0.15) is 26.2 Å². The molecule has 0 saturated carbocycles. The Morgan fingerprint density at radius 2 is 1.85 bits per heavy atom. The molecule has 1 aromatic heterocycles. The van der Waals surface area contributed by atoms with Crippen LogP contribution < -0.4 is 4.57 Å². The lowest BCUT2D eigenvalue weighted by Gasteiger charge is -2.23. The van der Waals surface area contributed by atoms with Gasteiger partial charge in [-0.05, 0) is 12.8 Å². The van der Waals surface area contributed by atoms with Crippen molar-refractivity contribution in [3.63, 3.8) is 0 Å². The first kappa shape index (κ1) is 17.7. The van der Waals surface area contributed by atoms with E-state index in [-0.39, 0.29) is 0 Å². The molecule has 0 aliphatic heterocycles. The van der Waals surface area contributed by atoms with Crippen molar-refractivity contribution >= 4 is 20.8 Å².